The first kappa shape index (κ1) is 14.1. The highest BCUT2D eigenvalue weighted by atomic mass is 32.2. The zero-order chi connectivity index (χ0) is 12.0. The largest absolute Gasteiger partial charge is 0.310 e. The number of rotatable bonds is 6. The van der Waals surface area contributed by atoms with Gasteiger partial charge in [-0.3, -0.25) is 4.21 Å². The van der Waals surface area contributed by atoms with Crippen LogP contribution in [0.2, 0.25) is 0 Å². The van der Waals surface area contributed by atoms with E-state index in [1.807, 2.05) is 0 Å². The normalized spacial score (nSPS) is 23.2. The van der Waals surface area contributed by atoms with Crippen LogP contribution in [0, 0.1) is 0 Å². The quantitative estimate of drug-likeness (QED) is 0.765. The molecule has 0 radical (unpaired) electrons. The zero-order valence-corrected chi connectivity index (χ0v) is 11.7. The molecule has 4 heteroatoms. The van der Waals surface area contributed by atoms with Crippen LogP contribution in [0.25, 0.3) is 0 Å². The monoisotopic (exact) mass is 246 g/mol. The van der Waals surface area contributed by atoms with Gasteiger partial charge in [0, 0.05) is 34.9 Å². The summed E-state index contributed by atoms with van der Waals surface area (Å²) in [7, 11) is -0.683. The SMILES string of the molecule is CCCN1CCC(NC(C)CS(C)=O)CC1. The predicted molar refractivity (Wildman–Crippen MR) is 71.3 cm³/mol. The van der Waals surface area contributed by atoms with Crippen LogP contribution in [0.3, 0.4) is 0 Å². The maximum absolute atomic E-state index is 11.1. The van der Waals surface area contributed by atoms with Crippen molar-refractivity contribution in [2.45, 2.75) is 45.2 Å². The second kappa shape index (κ2) is 7.41. The predicted octanol–water partition coefficient (Wildman–Crippen LogP) is 1.22. The summed E-state index contributed by atoms with van der Waals surface area (Å²) in [5.74, 6) is 0.773. The van der Waals surface area contributed by atoms with Gasteiger partial charge in [0.25, 0.3) is 0 Å². The smallest absolute Gasteiger partial charge is 0.0383 e. The van der Waals surface area contributed by atoms with Crippen molar-refractivity contribution in [3.05, 3.63) is 0 Å². The van der Waals surface area contributed by atoms with E-state index in [-0.39, 0.29) is 0 Å². The summed E-state index contributed by atoms with van der Waals surface area (Å²) in [6.07, 6.45) is 5.51. The average Bonchev–Trinajstić information content (AvgIpc) is 2.20. The van der Waals surface area contributed by atoms with Crippen molar-refractivity contribution in [1.82, 2.24) is 10.2 Å². The van der Waals surface area contributed by atoms with Crippen LogP contribution in [-0.2, 0) is 10.8 Å². The maximum atomic E-state index is 11.1. The molecule has 0 aliphatic carbocycles. The average molecular weight is 246 g/mol. The lowest BCUT2D eigenvalue weighted by atomic mass is 10.0. The summed E-state index contributed by atoms with van der Waals surface area (Å²) in [5, 5.41) is 3.59. The molecule has 1 rings (SSSR count). The van der Waals surface area contributed by atoms with E-state index in [1.54, 1.807) is 6.26 Å². The van der Waals surface area contributed by atoms with E-state index in [2.05, 4.69) is 24.1 Å². The molecule has 1 aliphatic rings. The standard InChI is InChI=1S/C12H26N2OS/c1-4-7-14-8-5-12(6-9-14)13-11(2)10-16(3)15/h11-13H,4-10H2,1-3H3. The van der Waals surface area contributed by atoms with E-state index in [4.69, 9.17) is 0 Å². The molecule has 2 atom stereocenters. The van der Waals surface area contributed by atoms with Crippen LogP contribution in [-0.4, -0.2) is 52.8 Å². The van der Waals surface area contributed by atoms with Crippen LogP contribution in [0.5, 0.6) is 0 Å². The Morgan fingerprint density at radius 1 is 1.44 bits per heavy atom. The summed E-state index contributed by atoms with van der Waals surface area (Å²) in [5.41, 5.74) is 0. The Kier molecular flexibility index (Phi) is 6.54. The molecule has 0 aromatic heterocycles. The van der Waals surface area contributed by atoms with Crippen molar-refractivity contribution in [2.75, 3.05) is 31.6 Å². The van der Waals surface area contributed by atoms with E-state index >= 15 is 0 Å². The molecule has 0 spiro atoms. The fraction of sp³-hybridized carbons (Fsp3) is 1.00. The van der Waals surface area contributed by atoms with Gasteiger partial charge < -0.3 is 10.2 Å². The molecule has 16 heavy (non-hydrogen) atoms. The molecule has 1 saturated heterocycles. The highest BCUT2D eigenvalue weighted by Crippen LogP contribution is 2.11. The van der Waals surface area contributed by atoms with Gasteiger partial charge in [-0.1, -0.05) is 6.92 Å². The Balaban J connectivity index is 2.18. The van der Waals surface area contributed by atoms with E-state index in [0.29, 0.717) is 12.1 Å². The molecule has 1 heterocycles. The first-order valence-corrected chi connectivity index (χ1v) is 8.13. The van der Waals surface area contributed by atoms with Gasteiger partial charge in [0.15, 0.2) is 0 Å². The summed E-state index contributed by atoms with van der Waals surface area (Å²) in [4.78, 5) is 2.54. The van der Waals surface area contributed by atoms with Gasteiger partial charge >= 0.3 is 0 Å². The number of likely N-dealkylation sites (tertiary alicyclic amines) is 1. The van der Waals surface area contributed by atoms with Crippen molar-refractivity contribution < 1.29 is 4.21 Å². The van der Waals surface area contributed by atoms with Crippen LogP contribution in [0.15, 0.2) is 0 Å². The highest BCUT2D eigenvalue weighted by Gasteiger charge is 2.19. The molecule has 3 nitrogen and oxygen atoms in total. The first-order valence-electron chi connectivity index (χ1n) is 6.40. The minimum absolute atomic E-state index is 0.383. The third-order valence-corrected chi connectivity index (χ3v) is 4.10. The highest BCUT2D eigenvalue weighted by molar-refractivity contribution is 7.84. The first-order chi connectivity index (χ1) is 7.61. The number of hydrogen-bond donors (Lipinski definition) is 1. The van der Waals surface area contributed by atoms with Crippen molar-refractivity contribution in [3.63, 3.8) is 0 Å². The van der Waals surface area contributed by atoms with Crippen molar-refractivity contribution >= 4 is 10.8 Å². The summed E-state index contributed by atoms with van der Waals surface area (Å²) < 4.78 is 11.1. The maximum Gasteiger partial charge on any atom is 0.0383 e. The molecule has 1 fully saturated rings. The van der Waals surface area contributed by atoms with Crippen LogP contribution in [0.1, 0.15) is 33.1 Å². The molecular weight excluding hydrogens is 220 g/mol. The molecular formula is C12H26N2OS. The topological polar surface area (TPSA) is 32.3 Å². The second-order valence-corrected chi connectivity index (χ2v) is 6.40. The Morgan fingerprint density at radius 2 is 2.06 bits per heavy atom. The lowest BCUT2D eigenvalue weighted by Crippen LogP contribution is -2.46. The number of nitrogens with one attached hydrogen (secondary N) is 1. The molecule has 0 aromatic carbocycles. The van der Waals surface area contributed by atoms with Crippen LogP contribution < -0.4 is 5.32 Å². The molecule has 1 N–H and O–H groups in total. The minimum Gasteiger partial charge on any atom is -0.310 e. The molecule has 0 amide bonds. The Morgan fingerprint density at radius 3 is 2.56 bits per heavy atom. The fourth-order valence-electron chi connectivity index (χ4n) is 2.44. The Labute approximate surface area is 102 Å². The van der Waals surface area contributed by atoms with E-state index in [1.165, 1.54) is 38.9 Å². The van der Waals surface area contributed by atoms with Gasteiger partial charge in [-0.15, -0.1) is 0 Å². The van der Waals surface area contributed by atoms with Crippen LogP contribution >= 0.6 is 0 Å². The molecule has 0 bridgehead atoms. The van der Waals surface area contributed by atoms with Gasteiger partial charge in [0.05, 0.1) is 0 Å². The number of piperidine rings is 1. The van der Waals surface area contributed by atoms with E-state index in [0.717, 1.165) is 5.75 Å². The van der Waals surface area contributed by atoms with Gasteiger partial charge in [-0.05, 0) is 45.8 Å². The summed E-state index contributed by atoms with van der Waals surface area (Å²) in [6.45, 7) is 8.05. The van der Waals surface area contributed by atoms with Gasteiger partial charge in [0.1, 0.15) is 0 Å². The van der Waals surface area contributed by atoms with Crippen molar-refractivity contribution in [3.8, 4) is 0 Å². The lowest BCUT2D eigenvalue weighted by Gasteiger charge is -2.33. The lowest BCUT2D eigenvalue weighted by molar-refractivity contribution is 0.194. The fourth-order valence-corrected chi connectivity index (χ4v) is 3.24. The molecule has 2 unspecified atom stereocenters. The minimum atomic E-state index is -0.683. The Bertz CT molecular complexity index is 215. The number of nitrogens with zero attached hydrogens (tertiary/aromatic N) is 1. The van der Waals surface area contributed by atoms with E-state index in [9.17, 15) is 4.21 Å². The van der Waals surface area contributed by atoms with Gasteiger partial charge in [0.2, 0.25) is 0 Å². The van der Waals surface area contributed by atoms with Gasteiger partial charge in [-0.2, -0.15) is 0 Å². The summed E-state index contributed by atoms with van der Waals surface area (Å²) >= 11 is 0. The molecule has 96 valence electrons. The van der Waals surface area contributed by atoms with E-state index < -0.39 is 10.8 Å². The Hall–Kier alpha value is 0.0700. The molecule has 0 saturated carbocycles. The molecule has 0 aromatic rings. The van der Waals surface area contributed by atoms with Crippen molar-refractivity contribution in [2.24, 2.45) is 0 Å². The third kappa shape index (κ3) is 5.41. The zero-order valence-electron chi connectivity index (χ0n) is 10.9. The third-order valence-electron chi connectivity index (χ3n) is 3.13. The second-order valence-electron chi connectivity index (χ2n) is 4.92. The van der Waals surface area contributed by atoms with Crippen molar-refractivity contribution in [1.29, 1.82) is 0 Å². The van der Waals surface area contributed by atoms with Crippen LogP contribution in [0.4, 0.5) is 0 Å². The molecule has 1 aliphatic heterocycles. The summed E-state index contributed by atoms with van der Waals surface area (Å²) in [6, 6.07) is 1.01. The van der Waals surface area contributed by atoms with Gasteiger partial charge in [-0.25, -0.2) is 0 Å². The number of hydrogen-bond acceptors (Lipinski definition) is 3.